The highest BCUT2D eigenvalue weighted by Crippen LogP contribution is 2.46. The Hall–Kier alpha value is -3.70. The van der Waals surface area contributed by atoms with Gasteiger partial charge in [0.05, 0.1) is 74.9 Å². The summed E-state index contributed by atoms with van der Waals surface area (Å²) in [5, 5.41) is 49.1. The van der Waals surface area contributed by atoms with Gasteiger partial charge in [0.25, 0.3) is 0 Å². The van der Waals surface area contributed by atoms with Crippen LogP contribution in [0.4, 0.5) is 11.4 Å². The first-order chi connectivity index (χ1) is 16.8. The Balaban J connectivity index is 1.98. The summed E-state index contributed by atoms with van der Waals surface area (Å²) in [6.07, 6.45) is 0. The smallest absolute Gasteiger partial charge is 0.200 e. The molecule has 0 aliphatic heterocycles. The van der Waals surface area contributed by atoms with Crippen molar-refractivity contribution < 1.29 is 39.5 Å². The van der Waals surface area contributed by atoms with Gasteiger partial charge in [0.15, 0.2) is 0 Å². The van der Waals surface area contributed by atoms with E-state index in [1.807, 2.05) is 24.3 Å². The summed E-state index contributed by atoms with van der Waals surface area (Å²) in [5.74, 6) is -1.98. The number of carbonyl (C=O) groups is 2. The van der Waals surface area contributed by atoms with Crippen molar-refractivity contribution in [3.8, 4) is 11.5 Å². The van der Waals surface area contributed by atoms with Gasteiger partial charge in [-0.15, -0.1) is 0 Å². The zero-order valence-electron chi connectivity index (χ0n) is 20.8. The van der Waals surface area contributed by atoms with E-state index in [1.165, 1.54) is 12.1 Å². The van der Waals surface area contributed by atoms with E-state index in [1.54, 1.807) is 28.2 Å². The number of phenolic OH excluding ortho intramolecular Hbond substituents is 2. The number of nitrogens with one attached hydrogen (secondary N) is 2. The van der Waals surface area contributed by atoms with Crippen LogP contribution in [0.25, 0.3) is 10.8 Å². The van der Waals surface area contributed by atoms with E-state index < -0.39 is 23.1 Å². The Kier molecular flexibility index (Phi) is 6.40. The van der Waals surface area contributed by atoms with Crippen LogP contribution in [0.3, 0.4) is 0 Å². The molecule has 10 nitrogen and oxygen atoms in total. The van der Waals surface area contributed by atoms with Crippen molar-refractivity contribution in [3.63, 3.8) is 0 Å². The van der Waals surface area contributed by atoms with E-state index in [9.17, 15) is 30.2 Å². The highest BCUT2D eigenvalue weighted by atomic mass is 16.5. The van der Waals surface area contributed by atoms with Crippen LogP contribution in [0.2, 0.25) is 0 Å². The van der Waals surface area contributed by atoms with Gasteiger partial charge in [-0.2, -0.15) is 9.29 Å². The Morgan fingerprint density at radius 3 is 1.33 bits per heavy atom. The second kappa shape index (κ2) is 9.07. The minimum Gasteiger partial charge on any atom is -0.507 e. The lowest BCUT2D eigenvalue weighted by atomic mass is 9.79. The first kappa shape index (κ1) is 25.4. The number of anilines is 2. The highest BCUT2D eigenvalue weighted by Gasteiger charge is 2.39. The summed E-state index contributed by atoms with van der Waals surface area (Å²) in [4.78, 5) is 27.7. The number of hydrogen-bond acceptors (Lipinski definition) is 8. The van der Waals surface area contributed by atoms with Gasteiger partial charge in [-0.1, -0.05) is 24.3 Å². The molecule has 0 saturated heterocycles. The van der Waals surface area contributed by atoms with Gasteiger partial charge >= 0.3 is 0 Å². The third-order valence-corrected chi connectivity index (χ3v) is 6.21. The molecular formula is C26H32N4O6+2. The topological polar surface area (TPSA) is 139 Å². The summed E-state index contributed by atoms with van der Waals surface area (Å²) >= 11 is 0. The average molecular weight is 497 g/mol. The normalized spacial score (nSPS) is 13.5. The molecule has 3 aromatic rings. The van der Waals surface area contributed by atoms with E-state index in [-0.39, 0.29) is 31.5 Å². The second-order valence-electron chi connectivity index (χ2n) is 10.1. The standard InChI is InChI=1S/C26H30N4O6/c1-29(2,35)13-11-27-23-15-7-5-6-8-16(15)24(28-12-14-30(3,4)36)22-21(23)25(33)19-17(31)9-10-18(32)20(19)26(22)34/h5-10,35-36H,11-14H2,1-4H3,(H2-2,27,28,31,32,33,34)/p+2. The molecule has 0 atom stereocenters. The van der Waals surface area contributed by atoms with Crippen LogP contribution in [-0.4, -0.2) is 95.9 Å². The average Bonchev–Trinajstić information content (AvgIpc) is 2.78. The monoisotopic (exact) mass is 496 g/mol. The number of likely N-dealkylation sites (N-methyl/N-ethyl adjacent to an activating group) is 2. The van der Waals surface area contributed by atoms with Crippen molar-refractivity contribution in [1.29, 1.82) is 0 Å². The first-order valence-electron chi connectivity index (χ1n) is 11.6. The van der Waals surface area contributed by atoms with Crippen LogP contribution in [0, 0.1) is 0 Å². The highest BCUT2D eigenvalue weighted by molar-refractivity contribution is 6.36. The molecule has 190 valence electrons. The quantitative estimate of drug-likeness (QED) is 0.0948. The lowest BCUT2D eigenvalue weighted by Crippen LogP contribution is -2.40. The van der Waals surface area contributed by atoms with Crippen LogP contribution in [-0.2, 0) is 0 Å². The summed E-state index contributed by atoms with van der Waals surface area (Å²) in [6, 6.07) is 9.65. The number of aromatic hydroxyl groups is 2. The lowest BCUT2D eigenvalue weighted by molar-refractivity contribution is -1.07. The van der Waals surface area contributed by atoms with Crippen molar-refractivity contribution in [3.05, 3.63) is 58.7 Å². The Labute approximate surface area is 208 Å². The molecule has 0 spiro atoms. The SMILES string of the molecule is C[N+](C)(O)CCNc1c2c(c(NCC[N+](C)(C)O)c3ccccc13)C(=O)c1c(O)ccc(O)c1C2=O. The second-order valence-corrected chi connectivity index (χ2v) is 10.1. The van der Waals surface area contributed by atoms with Gasteiger partial charge in [0.2, 0.25) is 11.6 Å². The van der Waals surface area contributed by atoms with Gasteiger partial charge in [-0.05, 0) is 12.1 Å². The molecule has 0 bridgehead atoms. The number of rotatable bonds is 8. The predicted molar refractivity (Wildman–Crippen MR) is 135 cm³/mol. The van der Waals surface area contributed by atoms with E-state index >= 15 is 0 Å². The van der Waals surface area contributed by atoms with Gasteiger partial charge < -0.3 is 20.8 Å². The number of fused-ring (bicyclic) bond motifs is 3. The largest absolute Gasteiger partial charge is 0.507 e. The van der Waals surface area contributed by atoms with E-state index in [0.29, 0.717) is 48.3 Å². The minimum absolute atomic E-state index is 0.0793. The molecule has 10 heteroatoms. The summed E-state index contributed by atoms with van der Waals surface area (Å²) in [5.41, 5.74) is 0.479. The third-order valence-electron chi connectivity index (χ3n) is 6.21. The van der Waals surface area contributed by atoms with Gasteiger partial charge in [-0.25, -0.2) is 10.4 Å². The number of ketones is 2. The third kappa shape index (κ3) is 4.71. The molecule has 4 rings (SSSR count). The van der Waals surface area contributed by atoms with Crippen LogP contribution < -0.4 is 10.6 Å². The zero-order chi connectivity index (χ0) is 26.4. The summed E-state index contributed by atoms with van der Waals surface area (Å²) in [7, 11) is 6.48. The van der Waals surface area contributed by atoms with Crippen molar-refractivity contribution in [2.75, 3.05) is 65.0 Å². The molecule has 1 aliphatic carbocycles. The number of nitrogens with zero attached hydrogens (tertiary/aromatic N) is 2. The molecule has 0 fully saturated rings. The number of benzene rings is 3. The molecule has 6 N–H and O–H groups in total. The first-order valence-corrected chi connectivity index (χ1v) is 11.6. The van der Waals surface area contributed by atoms with Crippen molar-refractivity contribution >= 4 is 33.7 Å². The van der Waals surface area contributed by atoms with Gasteiger partial charge in [-0.3, -0.25) is 9.59 Å². The van der Waals surface area contributed by atoms with Crippen LogP contribution >= 0.6 is 0 Å². The maximum Gasteiger partial charge on any atom is 0.200 e. The van der Waals surface area contributed by atoms with Gasteiger partial charge in [0.1, 0.15) is 24.6 Å². The molecule has 1 aliphatic rings. The number of phenols is 2. The van der Waals surface area contributed by atoms with E-state index in [0.717, 1.165) is 0 Å². The number of quaternary nitrogens is 2. The molecule has 0 aromatic heterocycles. The Morgan fingerprint density at radius 2 is 1.00 bits per heavy atom. The summed E-state index contributed by atoms with van der Waals surface area (Å²) < 4.78 is -0.599. The van der Waals surface area contributed by atoms with Crippen molar-refractivity contribution in [1.82, 2.24) is 0 Å². The maximum atomic E-state index is 13.8. The molecule has 36 heavy (non-hydrogen) atoms. The fourth-order valence-corrected chi connectivity index (χ4v) is 4.46. The molecule has 0 saturated carbocycles. The molecular weight excluding hydrogens is 464 g/mol. The van der Waals surface area contributed by atoms with Crippen LogP contribution in [0.5, 0.6) is 11.5 Å². The van der Waals surface area contributed by atoms with Crippen LogP contribution in [0.15, 0.2) is 36.4 Å². The number of carbonyl (C=O) groups excluding carboxylic acids is 2. The molecule has 0 heterocycles. The lowest BCUT2D eigenvalue weighted by Gasteiger charge is -2.28. The molecule has 3 aromatic carbocycles. The van der Waals surface area contributed by atoms with E-state index in [4.69, 9.17) is 0 Å². The van der Waals surface area contributed by atoms with Gasteiger partial charge in [0, 0.05) is 10.8 Å². The Morgan fingerprint density at radius 1 is 0.639 bits per heavy atom. The number of hydroxylamine groups is 6. The summed E-state index contributed by atoms with van der Waals surface area (Å²) in [6.45, 7) is 1.22. The molecule has 0 unspecified atom stereocenters. The fourth-order valence-electron chi connectivity index (χ4n) is 4.46. The molecule has 0 amide bonds. The minimum atomic E-state index is -0.597. The maximum absolute atomic E-state index is 13.8. The van der Waals surface area contributed by atoms with Crippen molar-refractivity contribution in [2.24, 2.45) is 0 Å². The van der Waals surface area contributed by atoms with Crippen molar-refractivity contribution in [2.45, 2.75) is 0 Å². The number of hydrogen-bond donors (Lipinski definition) is 6. The van der Waals surface area contributed by atoms with E-state index in [2.05, 4.69) is 10.6 Å². The Bertz CT molecular complexity index is 1270. The van der Waals surface area contributed by atoms with Crippen LogP contribution in [0.1, 0.15) is 31.8 Å². The molecule has 0 radical (unpaired) electrons. The fraction of sp³-hybridized carbons (Fsp3) is 0.308. The zero-order valence-corrected chi connectivity index (χ0v) is 20.8. The predicted octanol–water partition coefficient (Wildman–Crippen LogP) is 2.78.